The standard InChI is InChI=1S/C32H39F3N8O2/c1-21(40-30(37)44)18-42-13-10-22(11-14-42)41-25-8-5-9-27-24(25)15-23(43(27)20-32(33,34)35)7-6-12-38-26-17-39-29(16-28(26)45-4)31(2,3)19-36/h5,8-9,15-17,21-22,38,41H,10-14,18,20H2,1-4H3,(H3,37,40,44). The van der Waals surface area contributed by atoms with Crippen molar-refractivity contribution in [2.75, 3.05) is 43.9 Å². The van der Waals surface area contributed by atoms with E-state index >= 15 is 0 Å². The van der Waals surface area contributed by atoms with Crippen molar-refractivity contribution >= 4 is 28.3 Å². The molecule has 0 saturated carbocycles. The maximum Gasteiger partial charge on any atom is 0.406 e. The van der Waals surface area contributed by atoms with Gasteiger partial charge in [0.25, 0.3) is 0 Å². The largest absolute Gasteiger partial charge is 0.494 e. The Morgan fingerprint density at radius 2 is 1.96 bits per heavy atom. The van der Waals surface area contributed by atoms with Crippen molar-refractivity contribution < 1.29 is 22.7 Å². The van der Waals surface area contributed by atoms with Gasteiger partial charge in [-0.25, -0.2) is 4.79 Å². The second-order valence-corrected chi connectivity index (χ2v) is 11.8. The highest BCUT2D eigenvalue weighted by Crippen LogP contribution is 2.32. The van der Waals surface area contributed by atoms with Crippen LogP contribution in [0.2, 0.25) is 0 Å². The topological polar surface area (TPSA) is 133 Å². The summed E-state index contributed by atoms with van der Waals surface area (Å²) in [6.07, 6.45) is -1.20. The number of anilines is 2. The lowest BCUT2D eigenvalue weighted by atomic mass is 9.90. The SMILES string of the molecule is COc1cc(C(C)(C)C#N)ncc1NCC#Cc1cc2c(NC3CCN(CC(C)NC(N)=O)CC3)cccc2n1CC(F)(F)F. The average Bonchev–Trinajstić information content (AvgIpc) is 3.32. The minimum absolute atomic E-state index is 0.0649. The van der Waals surface area contributed by atoms with E-state index in [2.05, 4.69) is 43.7 Å². The Labute approximate surface area is 261 Å². The number of nitrogens with one attached hydrogen (secondary N) is 3. The molecular weight excluding hydrogens is 585 g/mol. The van der Waals surface area contributed by atoms with Gasteiger partial charge in [-0.3, -0.25) is 4.98 Å². The fourth-order valence-corrected chi connectivity index (χ4v) is 5.43. The molecule has 1 fully saturated rings. The zero-order valence-electron chi connectivity index (χ0n) is 25.9. The molecular formula is C32H39F3N8O2. The number of carbonyl (C=O) groups excluding carboxylic acids is 1. The lowest BCUT2D eigenvalue weighted by molar-refractivity contribution is -0.140. The molecule has 0 radical (unpaired) electrons. The van der Waals surface area contributed by atoms with Gasteiger partial charge >= 0.3 is 12.2 Å². The number of pyridine rings is 1. The Hall–Kier alpha value is -4.62. The molecule has 3 aromatic rings. The van der Waals surface area contributed by atoms with E-state index in [9.17, 15) is 23.2 Å². The maximum atomic E-state index is 13.7. The lowest BCUT2D eigenvalue weighted by Gasteiger charge is -2.34. The second kappa shape index (κ2) is 14.0. The van der Waals surface area contributed by atoms with Gasteiger partial charge in [0.05, 0.1) is 53.9 Å². The molecule has 5 N–H and O–H groups in total. The molecule has 0 bridgehead atoms. The van der Waals surface area contributed by atoms with E-state index in [4.69, 9.17) is 10.5 Å². The molecule has 1 aromatic carbocycles. The number of hydrogen-bond donors (Lipinski definition) is 4. The maximum absolute atomic E-state index is 13.7. The van der Waals surface area contributed by atoms with Crippen LogP contribution in [0, 0.1) is 23.2 Å². The summed E-state index contributed by atoms with van der Waals surface area (Å²) in [5.74, 6) is 6.33. The van der Waals surface area contributed by atoms with E-state index in [1.165, 1.54) is 11.7 Å². The summed E-state index contributed by atoms with van der Waals surface area (Å²) in [4.78, 5) is 17.7. The van der Waals surface area contributed by atoms with Gasteiger partial charge in [-0.15, -0.1) is 0 Å². The van der Waals surface area contributed by atoms with Crippen molar-refractivity contribution in [1.82, 2.24) is 19.8 Å². The monoisotopic (exact) mass is 624 g/mol. The first kappa shape index (κ1) is 33.3. The third-order valence-electron chi connectivity index (χ3n) is 7.74. The van der Waals surface area contributed by atoms with Gasteiger partial charge in [-0.1, -0.05) is 12.0 Å². The minimum atomic E-state index is -4.44. The Morgan fingerprint density at radius 1 is 1.22 bits per heavy atom. The normalized spacial score (nSPS) is 15.1. The van der Waals surface area contributed by atoms with Gasteiger partial charge in [0.1, 0.15) is 12.3 Å². The number of primary amides is 1. The Morgan fingerprint density at radius 3 is 2.60 bits per heavy atom. The van der Waals surface area contributed by atoms with E-state index in [1.807, 2.05) is 13.0 Å². The molecule has 4 rings (SSSR count). The number of alkyl halides is 3. The summed E-state index contributed by atoms with van der Waals surface area (Å²) in [5, 5.41) is 19.4. The molecule has 0 aliphatic carbocycles. The molecule has 1 saturated heterocycles. The highest BCUT2D eigenvalue weighted by Gasteiger charge is 2.30. The molecule has 10 nitrogen and oxygen atoms in total. The van der Waals surface area contributed by atoms with E-state index in [-0.39, 0.29) is 24.3 Å². The molecule has 1 aliphatic rings. The highest BCUT2D eigenvalue weighted by atomic mass is 19.4. The van der Waals surface area contributed by atoms with Crippen molar-refractivity contribution in [3.05, 3.63) is 47.9 Å². The first-order valence-corrected chi connectivity index (χ1v) is 14.7. The van der Waals surface area contributed by atoms with Crippen LogP contribution in [0.3, 0.4) is 0 Å². The molecule has 2 aromatic heterocycles. The zero-order valence-corrected chi connectivity index (χ0v) is 25.9. The van der Waals surface area contributed by atoms with Gasteiger partial charge in [0, 0.05) is 48.9 Å². The second-order valence-electron chi connectivity index (χ2n) is 11.8. The summed E-state index contributed by atoms with van der Waals surface area (Å²) in [6, 6.07) is 10.4. The third-order valence-corrected chi connectivity index (χ3v) is 7.74. The number of methoxy groups -OCH3 is 1. The number of rotatable bonds is 10. The van der Waals surface area contributed by atoms with Crippen molar-refractivity contribution in [3.8, 4) is 23.7 Å². The van der Waals surface area contributed by atoms with Crippen molar-refractivity contribution in [1.29, 1.82) is 5.26 Å². The summed E-state index contributed by atoms with van der Waals surface area (Å²) >= 11 is 0. The van der Waals surface area contributed by atoms with Gasteiger partial charge in [-0.2, -0.15) is 18.4 Å². The number of fused-ring (bicyclic) bond motifs is 1. The van der Waals surface area contributed by atoms with Crippen molar-refractivity contribution in [2.24, 2.45) is 5.73 Å². The quantitative estimate of drug-likeness (QED) is 0.238. The molecule has 1 atom stereocenters. The number of nitrogens with zero attached hydrogens (tertiary/aromatic N) is 4. The van der Waals surface area contributed by atoms with Crippen LogP contribution in [0.1, 0.15) is 45.0 Å². The number of hydrogen-bond acceptors (Lipinski definition) is 7. The Kier molecular flexibility index (Phi) is 10.3. The Bertz CT molecular complexity index is 1610. The highest BCUT2D eigenvalue weighted by molar-refractivity contribution is 5.94. The number of benzene rings is 1. The molecule has 13 heteroatoms. The first-order chi connectivity index (χ1) is 21.3. The zero-order chi connectivity index (χ0) is 32.8. The number of halogens is 3. The molecule has 45 heavy (non-hydrogen) atoms. The van der Waals surface area contributed by atoms with Crippen LogP contribution in [0.4, 0.5) is 29.3 Å². The molecule has 1 aliphatic heterocycles. The molecule has 2 amide bonds. The van der Waals surface area contributed by atoms with Crippen molar-refractivity contribution in [2.45, 2.75) is 63.8 Å². The van der Waals surface area contributed by atoms with Crippen LogP contribution < -0.4 is 26.4 Å². The number of ether oxygens (including phenoxy) is 1. The van der Waals surface area contributed by atoms with E-state index in [0.29, 0.717) is 34.6 Å². The average molecular weight is 625 g/mol. The first-order valence-electron chi connectivity index (χ1n) is 14.7. The van der Waals surface area contributed by atoms with Crippen LogP contribution in [0.15, 0.2) is 36.5 Å². The molecule has 240 valence electrons. The fraction of sp³-hybridized carbons (Fsp3) is 0.469. The van der Waals surface area contributed by atoms with E-state index in [0.717, 1.165) is 31.6 Å². The molecule has 1 unspecified atom stereocenters. The van der Waals surface area contributed by atoms with Gasteiger partial charge in [-0.05, 0) is 57.7 Å². The number of nitriles is 1. The predicted octanol–water partition coefficient (Wildman–Crippen LogP) is 4.81. The number of amides is 2. The summed E-state index contributed by atoms with van der Waals surface area (Å²) < 4.78 is 47.6. The number of nitrogens with two attached hydrogens (primary N) is 1. The summed E-state index contributed by atoms with van der Waals surface area (Å²) in [6.45, 7) is 6.70. The number of piperidine rings is 1. The van der Waals surface area contributed by atoms with E-state index in [1.54, 1.807) is 44.3 Å². The molecule has 0 spiro atoms. The van der Waals surface area contributed by atoms with Gasteiger partial charge in [0.15, 0.2) is 0 Å². The summed E-state index contributed by atoms with van der Waals surface area (Å²) in [7, 11) is 1.50. The van der Waals surface area contributed by atoms with Crippen LogP contribution in [0.5, 0.6) is 5.75 Å². The molecule has 3 heterocycles. The third kappa shape index (κ3) is 8.73. The van der Waals surface area contributed by atoms with Gasteiger partial charge < -0.3 is 35.9 Å². The number of urea groups is 1. The van der Waals surface area contributed by atoms with Crippen LogP contribution in [-0.4, -0.2) is 72.0 Å². The van der Waals surface area contributed by atoms with Gasteiger partial charge in [0.2, 0.25) is 0 Å². The number of carbonyl (C=O) groups is 1. The van der Waals surface area contributed by atoms with Crippen molar-refractivity contribution in [3.63, 3.8) is 0 Å². The van der Waals surface area contributed by atoms with Crippen LogP contribution in [-0.2, 0) is 12.0 Å². The Balaban J connectivity index is 1.50. The van der Waals surface area contributed by atoms with Crippen LogP contribution in [0.25, 0.3) is 10.9 Å². The number of likely N-dealkylation sites (tertiary alicyclic amines) is 1. The van der Waals surface area contributed by atoms with Crippen LogP contribution >= 0.6 is 0 Å². The number of aromatic nitrogens is 2. The lowest BCUT2D eigenvalue weighted by Crippen LogP contribution is -2.47. The smallest absolute Gasteiger partial charge is 0.406 e. The van der Waals surface area contributed by atoms with E-state index < -0.39 is 24.2 Å². The predicted molar refractivity (Wildman–Crippen MR) is 168 cm³/mol. The fourth-order valence-electron chi connectivity index (χ4n) is 5.43. The summed E-state index contributed by atoms with van der Waals surface area (Å²) in [5.41, 5.74) is 6.98. The minimum Gasteiger partial charge on any atom is -0.494 e.